The van der Waals surface area contributed by atoms with E-state index in [1.54, 1.807) is 17.5 Å². The molecule has 0 unspecified atom stereocenters. The zero-order chi connectivity index (χ0) is 10.9. The zero-order valence-corrected chi connectivity index (χ0v) is 10.2. The Kier molecular flexibility index (Phi) is 3.08. The van der Waals surface area contributed by atoms with Gasteiger partial charge in [-0.3, -0.25) is 4.90 Å². The lowest BCUT2D eigenvalue weighted by Gasteiger charge is -2.21. The monoisotopic (exact) mass is 246 g/mol. The molecule has 1 saturated heterocycles. The summed E-state index contributed by atoms with van der Waals surface area (Å²) in [4.78, 5) is 6.28. The Morgan fingerprint density at radius 2 is 2.47 bits per heavy atom. The second-order valence-corrected chi connectivity index (χ2v) is 7.11. The third-order valence-corrected chi connectivity index (χ3v) is 5.21. The Labute approximate surface area is 93.9 Å². The average molecular weight is 246 g/mol. The molecule has 1 aromatic rings. The van der Waals surface area contributed by atoms with Gasteiger partial charge in [-0.05, 0) is 13.5 Å². The number of hydrogen-bond acceptors (Lipinski definition) is 5. The van der Waals surface area contributed by atoms with Gasteiger partial charge < -0.3 is 0 Å². The van der Waals surface area contributed by atoms with Crippen molar-refractivity contribution in [2.45, 2.75) is 19.0 Å². The molecule has 1 atom stereocenters. The third kappa shape index (κ3) is 2.76. The highest BCUT2D eigenvalue weighted by Crippen LogP contribution is 2.18. The smallest absolute Gasteiger partial charge is 0.151 e. The maximum absolute atomic E-state index is 11.3. The maximum atomic E-state index is 11.3. The van der Waals surface area contributed by atoms with E-state index in [0.29, 0.717) is 11.5 Å². The van der Waals surface area contributed by atoms with Crippen molar-refractivity contribution in [3.8, 4) is 0 Å². The van der Waals surface area contributed by atoms with Gasteiger partial charge in [-0.15, -0.1) is 11.3 Å². The number of sulfone groups is 1. The molecule has 1 fully saturated rings. The van der Waals surface area contributed by atoms with Crippen molar-refractivity contribution in [1.82, 2.24) is 9.88 Å². The van der Waals surface area contributed by atoms with Gasteiger partial charge in [0.05, 0.1) is 18.1 Å². The second kappa shape index (κ2) is 4.19. The van der Waals surface area contributed by atoms with Gasteiger partial charge in [-0.25, -0.2) is 13.4 Å². The topological polar surface area (TPSA) is 50.3 Å². The lowest BCUT2D eigenvalue weighted by atomic mass is 10.2. The van der Waals surface area contributed by atoms with Crippen molar-refractivity contribution in [2.24, 2.45) is 0 Å². The largest absolute Gasteiger partial charge is 0.296 e. The van der Waals surface area contributed by atoms with Crippen molar-refractivity contribution >= 4 is 21.2 Å². The van der Waals surface area contributed by atoms with Crippen LogP contribution in [0.2, 0.25) is 0 Å². The molecule has 0 radical (unpaired) electrons. The zero-order valence-electron chi connectivity index (χ0n) is 8.59. The fraction of sp³-hybridized carbons (Fsp3) is 0.667. The number of thiazole rings is 1. The van der Waals surface area contributed by atoms with Gasteiger partial charge in [0.2, 0.25) is 0 Å². The van der Waals surface area contributed by atoms with Crippen molar-refractivity contribution in [3.05, 3.63) is 16.6 Å². The number of rotatable bonds is 3. The highest BCUT2D eigenvalue weighted by Gasteiger charge is 2.30. The van der Waals surface area contributed by atoms with Crippen LogP contribution in [0.5, 0.6) is 0 Å². The van der Waals surface area contributed by atoms with Gasteiger partial charge in [-0.1, -0.05) is 0 Å². The molecule has 1 aliphatic rings. The van der Waals surface area contributed by atoms with Gasteiger partial charge in [0, 0.05) is 17.6 Å². The summed E-state index contributed by atoms with van der Waals surface area (Å²) in [5.74, 6) is 0.634. The fourth-order valence-corrected chi connectivity index (χ4v) is 4.28. The standard InChI is InChI=1S/C9H14N2O2S2/c1-11(6-9-10-3-4-14-9)8-2-5-15(12,13)7-8/h3-4,8H,2,5-7H2,1H3/t8-/m0/s1. The molecule has 4 nitrogen and oxygen atoms in total. The first kappa shape index (κ1) is 11.0. The predicted molar refractivity (Wildman–Crippen MR) is 60.6 cm³/mol. The molecule has 84 valence electrons. The maximum Gasteiger partial charge on any atom is 0.151 e. The van der Waals surface area contributed by atoms with Gasteiger partial charge in [0.1, 0.15) is 5.01 Å². The molecule has 2 heterocycles. The minimum Gasteiger partial charge on any atom is -0.296 e. The minimum atomic E-state index is -2.78. The van der Waals surface area contributed by atoms with E-state index in [0.717, 1.165) is 18.0 Å². The quantitative estimate of drug-likeness (QED) is 0.790. The Bertz CT molecular complexity index is 413. The summed E-state index contributed by atoms with van der Waals surface area (Å²) < 4.78 is 22.6. The molecular formula is C9H14N2O2S2. The normalized spacial score (nSPS) is 24.8. The summed E-state index contributed by atoms with van der Waals surface area (Å²) in [6, 6.07) is 0.166. The van der Waals surface area contributed by atoms with Gasteiger partial charge in [-0.2, -0.15) is 0 Å². The number of nitrogens with zero attached hydrogens (tertiary/aromatic N) is 2. The molecule has 2 rings (SSSR count). The molecule has 0 amide bonds. The molecule has 1 aliphatic heterocycles. The minimum absolute atomic E-state index is 0.166. The Morgan fingerprint density at radius 1 is 1.67 bits per heavy atom. The average Bonchev–Trinajstić information content (AvgIpc) is 2.74. The van der Waals surface area contributed by atoms with Crippen molar-refractivity contribution < 1.29 is 8.42 Å². The van der Waals surface area contributed by atoms with E-state index in [-0.39, 0.29) is 6.04 Å². The molecule has 0 spiro atoms. The fourth-order valence-electron chi connectivity index (χ4n) is 1.80. The number of aromatic nitrogens is 1. The Balaban J connectivity index is 1.95. The summed E-state index contributed by atoms with van der Waals surface area (Å²) in [6.45, 7) is 0.748. The van der Waals surface area contributed by atoms with Crippen LogP contribution in [0.25, 0.3) is 0 Å². The van der Waals surface area contributed by atoms with E-state index in [4.69, 9.17) is 0 Å². The van der Waals surface area contributed by atoms with Crippen LogP contribution in [0.4, 0.5) is 0 Å². The van der Waals surface area contributed by atoms with E-state index < -0.39 is 9.84 Å². The first-order chi connectivity index (χ1) is 7.07. The van der Waals surface area contributed by atoms with E-state index in [1.165, 1.54) is 0 Å². The van der Waals surface area contributed by atoms with Gasteiger partial charge in [0.15, 0.2) is 9.84 Å². The van der Waals surface area contributed by atoms with Crippen LogP contribution in [0.3, 0.4) is 0 Å². The summed E-state index contributed by atoms with van der Waals surface area (Å²) in [7, 11) is -0.813. The Morgan fingerprint density at radius 3 is 3.00 bits per heavy atom. The van der Waals surface area contributed by atoms with Gasteiger partial charge >= 0.3 is 0 Å². The molecule has 0 aliphatic carbocycles. The van der Waals surface area contributed by atoms with Crippen LogP contribution >= 0.6 is 11.3 Å². The van der Waals surface area contributed by atoms with E-state index in [1.807, 2.05) is 12.4 Å². The van der Waals surface area contributed by atoms with Crippen LogP contribution in [0.15, 0.2) is 11.6 Å². The van der Waals surface area contributed by atoms with E-state index >= 15 is 0 Å². The van der Waals surface area contributed by atoms with Gasteiger partial charge in [0.25, 0.3) is 0 Å². The predicted octanol–water partition coefficient (Wildman–Crippen LogP) is 0.762. The second-order valence-electron chi connectivity index (χ2n) is 3.90. The highest BCUT2D eigenvalue weighted by molar-refractivity contribution is 7.91. The summed E-state index contributed by atoms with van der Waals surface area (Å²) in [5, 5.41) is 2.98. The molecule has 1 aromatic heterocycles. The van der Waals surface area contributed by atoms with Crippen molar-refractivity contribution in [3.63, 3.8) is 0 Å². The lowest BCUT2D eigenvalue weighted by molar-refractivity contribution is 0.253. The number of hydrogen-bond donors (Lipinski definition) is 0. The summed E-state index contributed by atoms with van der Waals surface area (Å²) >= 11 is 1.61. The first-order valence-electron chi connectivity index (χ1n) is 4.86. The molecule has 6 heteroatoms. The molecule has 0 N–H and O–H groups in total. The van der Waals surface area contributed by atoms with E-state index in [9.17, 15) is 8.42 Å². The molecular weight excluding hydrogens is 232 g/mol. The third-order valence-electron chi connectivity index (χ3n) is 2.70. The van der Waals surface area contributed by atoms with Crippen molar-refractivity contribution in [2.75, 3.05) is 18.6 Å². The molecule has 15 heavy (non-hydrogen) atoms. The lowest BCUT2D eigenvalue weighted by Crippen LogP contribution is -2.32. The highest BCUT2D eigenvalue weighted by atomic mass is 32.2. The first-order valence-corrected chi connectivity index (χ1v) is 7.56. The molecule has 0 bridgehead atoms. The summed E-state index contributed by atoms with van der Waals surface area (Å²) in [6.07, 6.45) is 2.53. The van der Waals surface area contributed by atoms with Crippen molar-refractivity contribution in [1.29, 1.82) is 0 Å². The van der Waals surface area contributed by atoms with Crippen LogP contribution in [-0.4, -0.2) is 42.9 Å². The van der Waals surface area contributed by atoms with Crippen LogP contribution in [0.1, 0.15) is 11.4 Å². The molecule has 0 aromatic carbocycles. The van der Waals surface area contributed by atoms with Crippen LogP contribution < -0.4 is 0 Å². The SMILES string of the molecule is CN(Cc1nccs1)[C@H]1CCS(=O)(=O)C1. The Hall–Kier alpha value is -0.460. The van der Waals surface area contributed by atoms with E-state index in [2.05, 4.69) is 9.88 Å². The van der Waals surface area contributed by atoms with Crippen LogP contribution in [0, 0.1) is 0 Å². The summed E-state index contributed by atoms with van der Waals surface area (Å²) in [5.41, 5.74) is 0. The molecule has 0 saturated carbocycles. The van der Waals surface area contributed by atoms with Crippen LogP contribution in [-0.2, 0) is 16.4 Å².